The smallest absolute Gasteiger partial charge is 0.320 e. The minimum atomic E-state index is -3.63. The molecule has 1 aliphatic heterocycles. The molecule has 1 aliphatic rings. The SMILES string of the molecule is Cc1ccc(S(=O)(=O)N[C@@H](CC(C)C)CN2CCC[C@H]2C(=O)O)cc1. The second kappa shape index (κ2) is 8.29. The molecule has 25 heavy (non-hydrogen) atoms. The van der Waals surface area contributed by atoms with Crippen molar-refractivity contribution in [1.82, 2.24) is 9.62 Å². The van der Waals surface area contributed by atoms with E-state index < -0.39 is 22.0 Å². The van der Waals surface area contributed by atoms with Gasteiger partial charge < -0.3 is 5.11 Å². The van der Waals surface area contributed by atoms with Gasteiger partial charge in [0.05, 0.1) is 4.90 Å². The van der Waals surface area contributed by atoms with Gasteiger partial charge in [0.2, 0.25) is 10.0 Å². The maximum atomic E-state index is 12.7. The summed E-state index contributed by atoms with van der Waals surface area (Å²) in [5.41, 5.74) is 0.999. The molecule has 0 aliphatic carbocycles. The third-order valence-corrected chi connectivity index (χ3v) is 6.05. The highest BCUT2D eigenvalue weighted by molar-refractivity contribution is 7.89. The molecule has 0 unspecified atom stereocenters. The van der Waals surface area contributed by atoms with Gasteiger partial charge >= 0.3 is 5.97 Å². The van der Waals surface area contributed by atoms with Crippen molar-refractivity contribution in [3.05, 3.63) is 29.8 Å². The molecule has 1 aromatic carbocycles. The molecule has 1 fully saturated rings. The van der Waals surface area contributed by atoms with Crippen LogP contribution in [0, 0.1) is 12.8 Å². The summed E-state index contributed by atoms with van der Waals surface area (Å²) in [4.78, 5) is 13.5. The van der Waals surface area contributed by atoms with E-state index in [9.17, 15) is 18.3 Å². The largest absolute Gasteiger partial charge is 0.480 e. The van der Waals surface area contributed by atoms with E-state index in [2.05, 4.69) is 4.72 Å². The molecule has 2 N–H and O–H groups in total. The summed E-state index contributed by atoms with van der Waals surface area (Å²) in [6, 6.07) is 5.91. The molecule has 6 nitrogen and oxygen atoms in total. The molecule has 0 amide bonds. The van der Waals surface area contributed by atoms with E-state index in [-0.39, 0.29) is 10.9 Å². The normalized spacial score (nSPS) is 20.1. The summed E-state index contributed by atoms with van der Waals surface area (Å²) in [5.74, 6) is -0.529. The van der Waals surface area contributed by atoms with E-state index in [1.54, 1.807) is 24.3 Å². The zero-order valence-corrected chi connectivity index (χ0v) is 15.9. The Labute approximate surface area is 150 Å². The molecule has 0 saturated carbocycles. The molecular formula is C18H28N2O4S. The van der Waals surface area contributed by atoms with Crippen LogP contribution < -0.4 is 4.72 Å². The monoisotopic (exact) mass is 368 g/mol. The highest BCUT2D eigenvalue weighted by Gasteiger charge is 2.33. The van der Waals surface area contributed by atoms with Gasteiger partial charge in [0.15, 0.2) is 0 Å². The molecule has 2 atom stereocenters. The summed E-state index contributed by atoms with van der Waals surface area (Å²) in [6.45, 7) is 7.08. The lowest BCUT2D eigenvalue weighted by molar-refractivity contribution is -0.142. The van der Waals surface area contributed by atoms with Gasteiger partial charge in [0.25, 0.3) is 0 Å². The Hall–Kier alpha value is -1.44. The van der Waals surface area contributed by atoms with Crippen LogP contribution in [0.3, 0.4) is 0 Å². The second-order valence-corrected chi connectivity index (χ2v) is 8.97. The molecule has 1 saturated heterocycles. The van der Waals surface area contributed by atoms with Crippen molar-refractivity contribution < 1.29 is 18.3 Å². The first-order chi connectivity index (χ1) is 11.7. The van der Waals surface area contributed by atoms with Crippen molar-refractivity contribution in [3.63, 3.8) is 0 Å². The Bertz CT molecular complexity index is 686. The fourth-order valence-electron chi connectivity index (χ4n) is 3.34. The molecule has 0 aromatic heterocycles. The molecule has 0 spiro atoms. The lowest BCUT2D eigenvalue weighted by atomic mass is 10.0. The van der Waals surface area contributed by atoms with Gasteiger partial charge in [0.1, 0.15) is 6.04 Å². The predicted molar refractivity (Wildman–Crippen MR) is 97.0 cm³/mol. The number of nitrogens with zero attached hydrogens (tertiary/aromatic N) is 1. The summed E-state index contributed by atoms with van der Waals surface area (Å²) in [7, 11) is -3.63. The number of carbonyl (C=O) groups is 1. The van der Waals surface area contributed by atoms with E-state index in [4.69, 9.17) is 0 Å². The van der Waals surface area contributed by atoms with Crippen molar-refractivity contribution in [2.75, 3.05) is 13.1 Å². The maximum absolute atomic E-state index is 12.7. The van der Waals surface area contributed by atoms with Crippen LogP contribution in [0.25, 0.3) is 0 Å². The second-order valence-electron chi connectivity index (χ2n) is 7.25. The number of likely N-dealkylation sites (tertiary alicyclic amines) is 1. The van der Waals surface area contributed by atoms with Crippen LogP contribution >= 0.6 is 0 Å². The van der Waals surface area contributed by atoms with Crippen LogP contribution in [0.1, 0.15) is 38.7 Å². The number of nitrogens with one attached hydrogen (secondary N) is 1. The van der Waals surface area contributed by atoms with Crippen molar-refractivity contribution in [2.24, 2.45) is 5.92 Å². The first-order valence-electron chi connectivity index (χ1n) is 8.75. The maximum Gasteiger partial charge on any atom is 0.320 e. The Morgan fingerprint density at radius 2 is 1.96 bits per heavy atom. The third-order valence-electron chi connectivity index (χ3n) is 4.51. The van der Waals surface area contributed by atoms with Gasteiger partial charge in [-0.2, -0.15) is 0 Å². The van der Waals surface area contributed by atoms with Gasteiger partial charge in [-0.1, -0.05) is 31.5 Å². The highest BCUT2D eigenvalue weighted by Crippen LogP contribution is 2.20. The van der Waals surface area contributed by atoms with Crippen LogP contribution in [-0.2, 0) is 14.8 Å². The van der Waals surface area contributed by atoms with Crippen LogP contribution in [0.5, 0.6) is 0 Å². The standard InChI is InChI=1S/C18H28N2O4S/c1-13(2)11-15(12-20-10-4-5-17(20)18(21)22)19-25(23,24)16-8-6-14(3)7-9-16/h6-9,13,15,17,19H,4-5,10-12H2,1-3H3,(H,21,22)/t15-,17-/m0/s1. The summed E-state index contributed by atoms with van der Waals surface area (Å²) >= 11 is 0. The fraction of sp³-hybridized carbons (Fsp3) is 0.611. The molecule has 1 heterocycles. The van der Waals surface area contributed by atoms with Gasteiger partial charge in [-0.05, 0) is 50.8 Å². The minimum Gasteiger partial charge on any atom is -0.480 e. The number of rotatable bonds is 8. The lowest BCUT2D eigenvalue weighted by Crippen LogP contribution is -2.47. The van der Waals surface area contributed by atoms with Crippen molar-refractivity contribution >= 4 is 16.0 Å². The molecule has 0 bridgehead atoms. The number of aryl methyl sites for hydroxylation is 1. The minimum absolute atomic E-state index is 0.239. The summed E-state index contributed by atoms with van der Waals surface area (Å²) in [6.07, 6.45) is 2.11. The van der Waals surface area contributed by atoms with Crippen LogP contribution in [-0.4, -0.2) is 49.6 Å². The lowest BCUT2D eigenvalue weighted by Gasteiger charge is -2.28. The number of carboxylic acids is 1. The average Bonchev–Trinajstić information content (AvgIpc) is 2.94. The molecular weight excluding hydrogens is 340 g/mol. The molecule has 1 aromatic rings. The summed E-state index contributed by atoms with van der Waals surface area (Å²) in [5, 5.41) is 9.33. The van der Waals surface area contributed by atoms with Crippen LogP contribution in [0.2, 0.25) is 0 Å². The van der Waals surface area contributed by atoms with Gasteiger partial charge in [-0.3, -0.25) is 9.69 Å². The number of aliphatic carboxylic acids is 1. The average molecular weight is 368 g/mol. The zero-order chi connectivity index (χ0) is 18.6. The Morgan fingerprint density at radius 3 is 2.52 bits per heavy atom. The topological polar surface area (TPSA) is 86.7 Å². The van der Waals surface area contributed by atoms with Crippen molar-refractivity contribution in [1.29, 1.82) is 0 Å². The van der Waals surface area contributed by atoms with Gasteiger partial charge in [0, 0.05) is 12.6 Å². The van der Waals surface area contributed by atoms with E-state index in [1.807, 2.05) is 25.7 Å². The fourth-order valence-corrected chi connectivity index (χ4v) is 4.58. The number of benzene rings is 1. The number of sulfonamides is 1. The van der Waals surface area contributed by atoms with Gasteiger partial charge in [-0.15, -0.1) is 0 Å². The third kappa shape index (κ3) is 5.52. The highest BCUT2D eigenvalue weighted by atomic mass is 32.2. The number of hydrogen-bond acceptors (Lipinski definition) is 4. The Morgan fingerprint density at radius 1 is 1.32 bits per heavy atom. The van der Waals surface area contributed by atoms with E-state index in [0.717, 1.165) is 12.0 Å². The molecule has 0 radical (unpaired) electrons. The first-order valence-corrected chi connectivity index (χ1v) is 10.2. The Kier molecular flexibility index (Phi) is 6.59. The van der Waals surface area contributed by atoms with Crippen molar-refractivity contribution in [2.45, 2.75) is 57.0 Å². The molecule has 7 heteroatoms. The van der Waals surface area contributed by atoms with Crippen molar-refractivity contribution in [3.8, 4) is 0 Å². The van der Waals surface area contributed by atoms with E-state index in [1.165, 1.54) is 0 Å². The van der Waals surface area contributed by atoms with E-state index >= 15 is 0 Å². The zero-order valence-electron chi connectivity index (χ0n) is 15.1. The number of carboxylic acid groups (broad SMARTS) is 1. The first kappa shape index (κ1) is 19.9. The van der Waals surface area contributed by atoms with Gasteiger partial charge in [-0.25, -0.2) is 13.1 Å². The van der Waals surface area contributed by atoms with E-state index in [0.29, 0.717) is 31.8 Å². The summed E-state index contributed by atoms with van der Waals surface area (Å²) < 4.78 is 28.1. The quantitative estimate of drug-likeness (QED) is 0.735. The predicted octanol–water partition coefficient (Wildman–Crippen LogP) is 2.24. The van der Waals surface area contributed by atoms with Crippen LogP contribution in [0.4, 0.5) is 0 Å². The van der Waals surface area contributed by atoms with Crippen LogP contribution in [0.15, 0.2) is 29.2 Å². The molecule has 140 valence electrons. The Balaban J connectivity index is 2.14. The molecule has 2 rings (SSSR count). The number of hydrogen-bond donors (Lipinski definition) is 2.